The minimum absolute atomic E-state index is 0.107. The molecule has 0 aliphatic carbocycles. The summed E-state index contributed by atoms with van der Waals surface area (Å²) in [6, 6.07) is 9.10. The zero-order valence-electron chi connectivity index (χ0n) is 8.45. The molecule has 0 fully saturated rings. The Morgan fingerprint density at radius 1 is 1.20 bits per heavy atom. The van der Waals surface area contributed by atoms with E-state index in [1.54, 1.807) is 12.3 Å². The number of pyridine rings is 1. The van der Waals surface area contributed by atoms with Crippen molar-refractivity contribution in [2.24, 2.45) is 0 Å². The molecule has 3 nitrogen and oxygen atoms in total. The van der Waals surface area contributed by atoms with Crippen molar-refractivity contribution in [3.63, 3.8) is 0 Å². The van der Waals surface area contributed by atoms with Crippen LogP contribution in [0.3, 0.4) is 0 Å². The third kappa shape index (κ3) is 1.91. The quantitative estimate of drug-likeness (QED) is 0.691. The van der Waals surface area contributed by atoms with Crippen molar-refractivity contribution in [2.75, 3.05) is 5.73 Å². The normalized spacial score (nSPS) is 10.2. The van der Waals surface area contributed by atoms with E-state index in [1.165, 1.54) is 6.07 Å². The fourth-order valence-corrected chi connectivity index (χ4v) is 1.50. The van der Waals surface area contributed by atoms with Gasteiger partial charge in [-0.05, 0) is 25.1 Å². The van der Waals surface area contributed by atoms with E-state index in [4.69, 9.17) is 5.73 Å². The summed E-state index contributed by atoms with van der Waals surface area (Å²) in [5.74, 6) is 0. The molecule has 0 unspecified atom stereocenters. The molecular weight excluding hydrogens is 188 g/mol. The number of nitrogen functional groups attached to an aromatic ring is 1. The van der Waals surface area contributed by atoms with E-state index in [9.17, 15) is 4.79 Å². The molecule has 1 heterocycles. The summed E-state index contributed by atoms with van der Waals surface area (Å²) < 4.78 is 0. The van der Waals surface area contributed by atoms with E-state index < -0.39 is 0 Å². The van der Waals surface area contributed by atoms with Gasteiger partial charge < -0.3 is 10.7 Å². The number of hydrogen-bond acceptors (Lipinski definition) is 2. The molecule has 76 valence electrons. The van der Waals surface area contributed by atoms with Gasteiger partial charge in [-0.2, -0.15) is 0 Å². The summed E-state index contributed by atoms with van der Waals surface area (Å²) >= 11 is 0. The molecule has 1 aromatic carbocycles. The highest BCUT2D eigenvalue weighted by molar-refractivity contribution is 5.76. The van der Waals surface area contributed by atoms with Gasteiger partial charge in [0.15, 0.2) is 0 Å². The summed E-state index contributed by atoms with van der Waals surface area (Å²) in [5.41, 5.74) is 9.50. The van der Waals surface area contributed by atoms with Gasteiger partial charge >= 0.3 is 0 Å². The topological polar surface area (TPSA) is 58.9 Å². The number of hydrogen-bond donors (Lipinski definition) is 2. The molecule has 1 aromatic heterocycles. The largest absolute Gasteiger partial charge is 0.398 e. The summed E-state index contributed by atoms with van der Waals surface area (Å²) in [7, 11) is 0. The second-order valence-corrected chi connectivity index (χ2v) is 3.53. The number of anilines is 1. The van der Waals surface area contributed by atoms with Crippen LogP contribution in [-0.4, -0.2) is 4.98 Å². The van der Waals surface area contributed by atoms with Crippen LogP contribution in [0.15, 0.2) is 41.3 Å². The Labute approximate surface area is 87.6 Å². The summed E-state index contributed by atoms with van der Waals surface area (Å²) in [5, 5.41) is 0. The Balaban J connectivity index is 2.58. The van der Waals surface area contributed by atoms with Gasteiger partial charge in [0.1, 0.15) is 0 Å². The van der Waals surface area contributed by atoms with Crippen LogP contribution in [0.2, 0.25) is 0 Å². The molecule has 2 rings (SSSR count). The van der Waals surface area contributed by atoms with Crippen molar-refractivity contribution in [3.05, 3.63) is 52.4 Å². The average molecular weight is 200 g/mol. The SMILES string of the molecule is Cc1ccc(N)c(-c2ccc(=O)[nH]c2)c1. The maximum Gasteiger partial charge on any atom is 0.247 e. The molecule has 2 aromatic rings. The highest BCUT2D eigenvalue weighted by Crippen LogP contribution is 2.25. The highest BCUT2D eigenvalue weighted by atomic mass is 16.1. The second-order valence-electron chi connectivity index (χ2n) is 3.53. The first kappa shape index (κ1) is 9.52. The lowest BCUT2D eigenvalue weighted by atomic mass is 10.0. The fraction of sp³-hybridized carbons (Fsp3) is 0.0833. The molecule has 0 bridgehead atoms. The number of nitrogens with one attached hydrogen (secondary N) is 1. The van der Waals surface area contributed by atoms with Crippen molar-refractivity contribution in [3.8, 4) is 11.1 Å². The van der Waals surface area contributed by atoms with Crippen LogP contribution in [0, 0.1) is 6.92 Å². The molecule has 15 heavy (non-hydrogen) atoms. The van der Waals surface area contributed by atoms with E-state index in [2.05, 4.69) is 4.98 Å². The third-order valence-electron chi connectivity index (χ3n) is 2.30. The van der Waals surface area contributed by atoms with Gasteiger partial charge in [0.2, 0.25) is 5.56 Å². The van der Waals surface area contributed by atoms with Gasteiger partial charge in [-0.3, -0.25) is 4.79 Å². The highest BCUT2D eigenvalue weighted by Gasteiger charge is 2.02. The number of nitrogens with two attached hydrogens (primary N) is 1. The maximum absolute atomic E-state index is 10.9. The van der Waals surface area contributed by atoms with E-state index in [0.717, 1.165) is 16.7 Å². The molecule has 3 N–H and O–H groups in total. The van der Waals surface area contributed by atoms with Gasteiger partial charge in [0.25, 0.3) is 0 Å². The summed E-state index contributed by atoms with van der Waals surface area (Å²) in [6.07, 6.45) is 1.67. The zero-order chi connectivity index (χ0) is 10.8. The molecule has 3 heteroatoms. The minimum atomic E-state index is -0.107. The molecule has 0 atom stereocenters. The average Bonchev–Trinajstić information content (AvgIpc) is 2.23. The molecule has 0 saturated carbocycles. The molecule has 0 radical (unpaired) electrons. The molecular formula is C12H12N2O. The maximum atomic E-state index is 10.9. The van der Waals surface area contributed by atoms with Crippen LogP contribution in [0.4, 0.5) is 5.69 Å². The van der Waals surface area contributed by atoms with E-state index in [-0.39, 0.29) is 5.56 Å². The van der Waals surface area contributed by atoms with E-state index in [1.807, 2.05) is 25.1 Å². The number of aromatic nitrogens is 1. The van der Waals surface area contributed by atoms with Crippen LogP contribution in [0.5, 0.6) is 0 Å². The first-order chi connectivity index (χ1) is 7.16. The Bertz CT molecular complexity index is 523. The number of H-pyrrole nitrogens is 1. The monoisotopic (exact) mass is 200 g/mol. The minimum Gasteiger partial charge on any atom is -0.398 e. The van der Waals surface area contributed by atoms with Gasteiger partial charge in [0, 0.05) is 29.1 Å². The van der Waals surface area contributed by atoms with Crippen molar-refractivity contribution in [1.29, 1.82) is 0 Å². The van der Waals surface area contributed by atoms with Gasteiger partial charge in [-0.25, -0.2) is 0 Å². The Morgan fingerprint density at radius 2 is 2.00 bits per heavy atom. The molecule has 0 aliphatic heterocycles. The third-order valence-corrected chi connectivity index (χ3v) is 2.30. The second kappa shape index (κ2) is 3.61. The van der Waals surface area contributed by atoms with E-state index >= 15 is 0 Å². The molecule has 0 saturated heterocycles. The zero-order valence-corrected chi connectivity index (χ0v) is 8.45. The van der Waals surface area contributed by atoms with E-state index in [0.29, 0.717) is 5.69 Å². The number of aryl methyl sites for hydroxylation is 1. The van der Waals surface area contributed by atoms with Crippen molar-refractivity contribution in [1.82, 2.24) is 4.98 Å². The number of rotatable bonds is 1. The number of aromatic amines is 1. The molecule has 0 amide bonds. The van der Waals surface area contributed by atoms with Crippen LogP contribution in [-0.2, 0) is 0 Å². The standard InChI is InChI=1S/C12H12N2O/c1-8-2-4-11(13)10(6-8)9-3-5-12(15)14-7-9/h2-7H,13H2,1H3,(H,14,15). The van der Waals surface area contributed by atoms with Crippen molar-refractivity contribution in [2.45, 2.75) is 6.92 Å². The first-order valence-electron chi connectivity index (χ1n) is 4.72. The van der Waals surface area contributed by atoms with Crippen molar-refractivity contribution < 1.29 is 0 Å². The Hall–Kier alpha value is -2.03. The van der Waals surface area contributed by atoms with Crippen LogP contribution < -0.4 is 11.3 Å². The first-order valence-corrected chi connectivity index (χ1v) is 4.72. The lowest BCUT2D eigenvalue weighted by Crippen LogP contribution is -2.02. The van der Waals surface area contributed by atoms with Gasteiger partial charge in [0.05, 0.1) is 0 Å². The van der Waals surface area contributed by atoms with Crippen LogP contribution in [0.25, 0.3) is 11.1 Å². The lowest BCUT2D eigenvalue weighted by molar-refractivity contribution is 1.24. The van der Waals surface area contributed by atoms with Crippen molar-refractivity contribution >= 4 is 5.69 Å². The van der Waals surface area contributed by atoms with Gasteiger partial charge in [-0.1, -0.05) is 11.6 Å². The Morgan fingerprint density at radius 3 is 2.67 bits per heavy atom. The predicted molar refractivity (Wildman–Crippen MR) is 61.6 cm³/mol. The predicted octanol–water partition coefficient (Wildman–Crippen LogP) is 1.93. The smallest absolute Gasteiger partial charge is 0.247 e. The van der Waals surface area contributed by atoms with Crippen LogP contribution in [0.1, 0.15) is 5.56 Å². The number of benzene rings is 1. The Kier molecular flexibility index (Phi) is 2.29. The van der Waals surface area contributed by atoms with Gasteiger partial charge in [-0.15, -0.1) is 0 Å². The fourth-order valence-electron chi connectivity index (χ4n) is 1.50. The van der Waals surface area contributed by atoms with Crippen LogP contribution >= 0.6 is 0 Å². The molecule has 0 aliphatic rings. The summed E-state index contributed by atoms with van der Waals surface area (Å²) in [4.78, 5) is 13.6. The summed E-state index contributed by atoms with van der Waals surface area (Å²) in [6.45, 7) is 2.01. The lowest BCUT2D eigenvalue weighted by Gasteiger charge is -2.06. The molecule has 0 spiro atoms.